The van der Waals surface area contributed by atoms with Crippen LogP contribution in [0.2, 0.25) is 5.02 Å². The molecular formula is C31H34ClN3O4. The number of halogens is 1. The minimum Gasteiger partial charge on any atom is -0.359 e. The molecule has 2 N–H and O–H groups in total. The zero-order valence-electron chi connectivity index (χ0n) is 22.1. The fourth-order valence-electron chi connectivity index (χ4n) is 6.83. The Balaban J connectivity index is 1.29. The van der Waals surface area contributed by atoms with Crippen LogP contribution in [0.5, 0.6) is 0 Å². The lowest BCUT2D eigenvalue weighted by Gasteiger charge is -2.34. The summed E-state index contributed by atoms with van der Waals surface area (Å²) in [5, 5.41) is 6.73. The molecule has 2 bridgehead atoms. The molecule has 0 radical (unpaired) electrons. The van der Waals surface area contributed by atoms with E-state index in [0.717, 1.165) is 36.8 Å². The summed E-state index contributed by atoms with van der Waals surface area (Å²) < 4.78 is 6.45. The SMILES string of the molecule is Cc1ccc(NC(=O)[C@@H]2[C@@H]3C=C[C@]4(O3)[C@@H]2C(=O)N(CCc2ccccc2)[C@@H]4C(=O)NC2CCCCC2)cc1Cl. The number of fused-ring (bicyclic) bond motifs is 1. The van der Waals surface area contributed by atoms with Gasteiger partial charge < -0.3 is 20.3 Å². The summed E-state index contributed by atoms with van der Waals surface area (Å²) in [7, 11) is 0. The van der Waals surface area contributed by atoms with Crippen molar-refractivity contribution < 1.29 is 19.1 Å². The molecule has 2 aromatic carbocycles. The van der Waals surface area contributed by atoms with E-state index in [0.29, 0.717) is 23.7 Å². The van der Waals surface area contributed by atoms with Crippen molar-refractivity contribution in [1.29, 1.82) is 0 Å². The number of carbonyl (C=O) groups excluding carboxylic acids is 3. The van der Waals surface area contributed by atoms with Crippen LogP contribution in [0.15, 0.2) is 60.7 Å². The first kappa shape index (κ1) is 26.1. The van der Waals surface area contributed by atoms with E-state index in [1.54, 1.807) is 17.0 Å². The van der Waals surface area contributed by atoms with Crippen molar-refractivity contribution >= 4 is 35.0 Å². The van der Waals surface area contributed by atoms with Crippen molar-refractivity contribution in [1.82, 2.24) is 10.2 Å². The fraction of sp³-hybridized carbons (Fsp3) is 0.452. The maximum absolute atomic E-state index is 14.1. The van der Waals surface area contributed by atoms with Crippen LogP contribution in [0.4, 0.5) is 5.69 Å². The maximum Gasteiger partial charge on any atom is 0.246 e. The van der Waals surface area contributed by atoms with E-state index in [1.807, 2.05) is 55.5 Å². The van der Waals surface area contributed by atoms with E-state index >= 15 is 0 Å². The van der Waals surface area contributed by atoms with Gasteiger partial charge >= 0.3 is 0 Å². The summed E-state index contributed by atoms with van der Waals surface area (Å²) in [5.41, 5.74) is 1.39. The molecular weight excluding hydrogens is 514 g/mol. The molecule has 1 saturated carbocycles. The smallest absolute Gasteiger partial charge is 0.246 e. The Kier molecular flexibility index (Phi) is 6.98. The molecule has 6 rings (SSSR count). The van der Waals surface area contributed by atoms with Gasteiger partial charge in [0.05, 0.1) is 17.9 Å². The summed E-state index contributed by atoms with van der Waals surface area (Å²) >= 11 is 6.28. The lowest BCUT2D eigenvalue weighted by Crippen LogP contribution is -2.56. The number of hydrogen-bond donors (Lipinski definition) is 2. The molecule has 204 valence electrons. The highest BCUT2D eigenvalue weighted by molar-refractivity contribution is 6.31. The first-order valence-corrected chi connectivity index (χ1v) is 14.3. The number of nitrogens with zero attached hydrogens (tertiary/aromatic N) is 1. The number of benzene rings is 2. The zero-order valence-corrected chi connectivity index (χ0v) is 22.8. The minimum atomic E-state index is -1.16. The average molecular weight is 548 g/mol. The molecule has 3 amide bonds. The molecule has 0 unspecified atom stereocenters. The van der Waals surface area contributed by atoms with E-state index in [4.69, 9.17) is 16.3 Å². The van der Waals surface area contributed by atoms with E-state index in [-0.39, 0.29) is 23.8 Å². The number of amides is 3. The Morgan fingerprint density at radius 3 is 2.59 bits per heavy atom. The molecule has 3 fully saturated rings. The zero-order chi connectivity index (χ0) is 27.1. The Bertz CT molecular complexity index is 1310. The minimum absolute atomic E-state index is 0.0979. The Morgan fingerprint density at radius 1 is 1.08 bits per heavy atom. The Morgan fingerprint density at radius 2 is 1.85 bits per heavy atom. The number of likely N-dealkylation sites (tertiary alicyclic amines) is 1. The predicted octanol–water partition coefficient (Wildman–Crippen LogP) is 4.43. The molecule has 2 saturated heterocycles. The van der Waals surface area contributed by atoms with Crippen molar-refractivity contribution in [2.45, 2.75) is 69.2 Å². The standard InChI is InChI=1S/C31H34ClN3O4/c1-19-12-13-22(18-23(19)32)34-28(36)25-24-14-16-31(39-24)26(25)30(38)35(17-15-20-8-4-2-5-9-20)27(31)29(37)33-21-10-6-3-7-11-21/h2,4-5,8-9,12-14,16,18,21,24-27H,3,6-7,10-11,15,17H2,1H3,(H,33,37)(H,34,36)/t24-,25+,26-,27+,31-/m0/s1. The van der Waals surface area contributed by atoms with Crippen LogP contribution in [0.25, 0.3) is 0 Å². The van der Waals surface area contributed by atoms with Crippen LogP contribution in [0.1, 0.15) is 43.2 Å². The highest BCUT2D eigenvalue weighted by Crippen LogP contribution is 2.55. The van der Waals surface area contributed by atoms with Crippen molar-refractivity contribution in [2.75, 3.05) is 11.9 Å². The van der Waals surface area contributed by atoms with Gasteiger partial charge in [-0.15, -0.1) is 0 Å². The molecule has 3 aliphatic heterocycles. The van der Waals surface area contributed by atoms with Gasteiger partial charge in [-0.2, -0.15) is 0 Å². The lowest BCUT2D eigenvalue weighted by molar-refractivity contribution is -0.141. The third-order valence-electron chi connectivity index (χ3n) is 8.80. The lowest BCUT2D eigenvalue weighted by atomic mass is 9.74. The van der Waals surface area contributed by atoms with Crippen LogP contribution in [-0.2, 0) is 25.5 Å². The predicted molar refractivity (Wildman–Crippen MR) is 149 cm³/mol. The molecule has 8 heteroatoms. The second-order valence-electron chi connectivity index (χ2n) is 11.3. The summed E-state index contributed by atoms with van der Waals surface area (Å²) in [6.45, 7) is 2.26. The van der Waals surface area contributed by atoms with Crippen molar-refractivity contribution in [3.63, 3.8) is 0 Å². The topological polar surface area (TPSA) is 87.7 Å². The number of ether oxygens (including phenoxy) is 1. The largest absolute Gasteiger partial charge is 0.359 e. The van der Waals surface area contributed by atoms with Gasteiger partial charge in [0.15, 0.2) is 0 Å². The van der Waals surface area contributed by atoms with Gasteiger partial charge in [0, 0.05) is 23.3 Å². The van der Waals surface area contributed by atoms with Crippen molar-refractivity contribution in [3.05, 3.63) is 76.8 Å². The van der Waals surface area contributed by atoms with E-state index in [1.165, 1.54) is 6.42 Å². The quantitative estimate of drug-likeness (QED) is 0.502. The Hall–Kier alpha value is -3.16. The highest BCUT2D eigenvalue weighted by Gasteiger charge is 2.72. The van der Waals surface area contributed by atoms with E-state index in [2.05, 4.69) is 10.6 Å². The van der Waals surface area contributed by atoms with Crippen LogP contribution >= 0.6 is 11.6 Å². The number of hydrogen-bond acceptors (Lipinski definition) is 4. The Labute approximate surface area is 233 Å². The highest BCUT2D eigenvalue weighted by atomic mass is 35.5. The van der Waals surface area contributed by atoms with Gasteiger partial charge in [0.25, 0.3) is 0 Å². The normalized spacial score (nSPS) is 29.5. The van der Waals surface area contributed by atoms with Crippen LogP contribution in [0, 0.1) is 18.8 Å². The van der Waals surface area contributed by atoms with Gasteiger partial charge in [0.2, 0.25) is 17.7 Å². The van der Waals surface area contributed by atoms with Crippen LogP contribution < -0.4 is 10.6 Å². The second-order valence-corrected chi connectivity index (χ2v) is 11.7. The molecule has 3 heterocycles. The first-order chi connectivity index (χ1) is 18.9. The molecule has 2 aromatic rings. The van der Waals surface area contributed by atoms with E-state index in [9.17, 15) is 14.4 Å². The average Bonchev–Trinajstić information content (AvgIpc) is 3.58. The summed E-state index contributed by atoms with van der Waals surface area (Å²) in [6.07, 6.45) is 8.98. The number of aryl methyl sites for hydroxylation is 1. The van der Waals surface area contributed by atoms with Crippen molar-refractivity contribution in [3.8, 4) is 0 Å². The van der Waals surface area contributed by atoms with Crippen LogP contribution in [0.3, 0.4) is 0 Å². The molecule has 5 atom stereocenters. The van der Waals surface area contributed by atoms with Gasteiger partial charge in [-0.3, -0.25) is 14.4 Å². The molecule has 0 aromatic heterocycles. The third-order valence-corrected chi connectivity index (χ3v) is 9.21. The first-order valence-electron chi connectivity index (χ1n) is 14.0. The summed E-state index contributed by atoms with van der Waals surface area (Å²) in [5.74, 6) is -2.22. The van der Waals surface area contributed by atoms with Crippen molar-refractivity contribution in [2.24, 2.45) is 11.8 Å². The summed E-state index contributed by atoms with van der Waals surface area (Å²) in [4.78, 5) is 43.3. The number of anilines is 1. The second kappa shape index (κ2) is 10.4. The summed E-state index contributed by atoms with van der Waals surface area (Å²) in [6, 6.07) is 14.5. The monoisotopic (exact) mass is 547 g/mol. The molecule has 39 heavy (non-hydrogen) atoms. The molecule has 1 aliphatic carbocycles. The van der Waals surface area contributed by atoms with Gasteiger partial charge in [-0.1, -0.05) is 79.4 Å². The van der Waals surface area contributed by atoms with Gasteiger partial charge in [-0.25, -0.2) is 0 Å². The number of rotatable bonds is 7. The van der Waals surface area contributed by atoms with Gasteiger partial charge in [0.1, 0.15) is 11.6 Å². The number of nitrogens with one attached hydrogen (secondary N) is 2. The molecule has 7 nitrogen and oxygen atoms in total. The maximum atomic E-state index is 14.1. The van der Waals surface area contributed by atoms with Gasteiger partial charge in [-0.05, 0) is 49.4 Å². The van der Waals surface area contributed by atoms with E-state index < -0.39 is 29.6 Å². The molecule has 4 aliphatic rings. The van der Waals surface area contributed by atoms with Crippen LogP contribution in [-0.4, -0.2) is 53.0 Å². The molecule has 1 spiro atoms. The fourth-order valence-corrected chi connectivity index (χ4v) is 7.01. The third kappa shape index (κ3) is 4.66. The number of carbonyl (C=O) groups is 3.